The van der Waals surface area contributed by atoms with Crippen LogP contribution in [0.5, 0.6) is 0 Å². The summed E-state index contributed by atoms with van der Waals surface area (Å²) >= 11 is -3.68. The number of hydrogen-bond acceptors (Lipinski definition) is 1. The minimum absolute atomic E-state index is 0.467. The molecule has 1 nitrogen and oxygen atoms in total. The number of hydrogen-bond donors (Lipinski definition) is 0. The summed E-state index contributed by atoms with van der Waals surface area (Å²) in [4.78, 5) is 0. The van der Waals surface area contributed by atoms with Gasteiger partial charge in [0.05, 0.1) is 0 Å². The summed E-state index contributed by atoms with van der Waals surface area (Å²) in [5.74, 6) is 0. The van der Waals surface area contributed by atoms with Gasteiger partial charge in [0.1, 0.15) is 0 Å². The third-order valence-corrected chi connectivity index (χ3v) is 19.8. The standard InChI is InChI=1S/C33H38Ge2O/c1-27(2)34(28(3)4)26-25-33(29-17-9-5-10-18-29,30-19-11-6-12-20-30)36-35(31-21-13-7-14-22-31)32-23-15-8-16-24-32/h5-24,27-28H,25-26H2,1-4H3. The second-order valence-electron chi connectivity index (χ2n) is 10.1. The zero-order chi connectivity index (χ0) is 25.4. The topological polar surface area (TPSA) is 9.23 Å². The van der Waals surface area contributed by atoms with Crippen molar-refractivity contribution in [3.63, 3.8) is 0 Å². The van der Waals surface area contributed by atoms with Crippen molar-refractivity contribution < 1.29 is 3.76 Å². The van der Waals surface area contributed by atoms with E-state index in [9.17, 15) is 0 Å². The van der Waals surface area contributed by atoms with E-state index in [4.69, 9.17) is 3.76 Å². The predicted molar refractivity (Wildman–Crippen MR) is 158 cm³/mol. The molecule has 0 aliphatic carbocycles. The molecule has 0 aliphatic heterocycles. The van der Waals surface area contributed by atoms with E-state index in [0.29, 0.717) is 0 Å². The Morgan fingerprint density at radius 2 is 0.917 bits per heavy atom. The van der Waals surface area contributed by atoms with E-state index in [1.54, 1.807) is 0 Å². The van der Waals surface area contributed by atoms with Gasteiger partial charge in [0.15, 0.2) is 0 Å². The molecule has 3 heteroatoms. The van der Waals surface area contributed by atoms with Crippen molar-refractivity contribution in [1.29, 1.82) is 0 Å². The second-order valence-corrected chi connectivity index (χ2v) is 22.6. The molecular weight excluding hydrogens is 558 g/mol. The fourth-order valence-electron chi connectivity index (χ4n) is 5.24. The van der Waals surface area contributed by atoms with E-state index in [2.05, 4.69) is 149 Å². The normalized spacial score (nSPS) is 12.1. The molecule has 0 N–H and O–H groups in total. The Kier molecular flexibility index (Phi) is 9.70. The first-order valence-corrected chi connectivity index (χ1v) is 20.0. The van der Waals surface area contributed by atoms with Crippen LogP contribution in [0.3, 0.4) is 0 Å². The van der Waals surface area contributed by atoms with E-state index in [1.165, 1.54) is 25.2 Å². The van der Waals surface area contributed by atoms with Crippen LogP contribution in [0.15, 0.2) is 121 Å². The molecular formula is C33H38Ge2O. The third kappa shape index (κ3) is 6.43. The summed E-state index contributed by atoms with van der Waals surface area (Å²) in [6.07, 6.45) is 1.03. The molecule has 0 fully saturated rings. The van der Waals surface area contributed by atoms with Gasteiger partial charge in [-0.05, 0) is 0 Å². The van der Waals surface area contributed by atoms with E-state index in [0.717, 1.165) is 15.9 Å². The molecule has 36 heavy (non-hydrogen) atoms. The SMILES string of the molecule is C[CH](C)[Ge]([CH2]CC([O][Ge]([c]1ccccc1)[c]1ccccc1)(c1ccccc1)c1ccccc1)[CH](C)C. The molecule has 0 atom stereocenters. The maximum absolute atomic E-state index is 7.69. The molecule has 0 aromatic heterocycles. The van der Waals surface area contributed by atoms with E-state index in [1.807, 2.05) is 0 Å². The first kappa shape index (κ1) is 27.0. The van der Waals surface area contributed by atoms with Crippen molar-refractivity contribution in [3.8, 4) is 0 Å². The van der Waals surface area contributed by atoms with Gasteiger partial charge in [-0.15, -0.1) is 0 Å². The van der Waals surface area contributed by atoms with Crippen LogP contribution in [0.2, 0.25) is 14.8 Å². The van der Waals surface area contributed by atoms with Crippen molar-refractivity contribution in [3.05, 3.63) is 132 Å². The predicted octanol–water partition coefficient (Wildman–Crippen LogP) is 7.46. The van der Waals surface area contributed by atoms with E-state index < -0.39 is 34.6 Å². The fraction of sp³-hybridized carbons (Fsp3) is 0.273. The van der Waals surface area contributed by atoms with Crippen molar-refractivity contribution in [1.82, 2.24) is 0 Å². The number of rotatable bonds is 11. The Hall–Kier alpha value is -2.07. The average molecular weight is 596 g/mol. The third-order valence-electron chi connectivity index (χ3n) is 7.08. The molecule has 0 saturated carbocycles. The molecule has 184 valence electrons. The molecule has 2 radical (unpaired) electrons. The van der Waals surface area contributed by atoms with Crippen LogP contribution in [0, 0.1) is 0 Å². The van der Waals surface area contributed by atoms with Crippen LogP contribution in [0.4, 0.5) is 0 Å². The Labute approximate surface area is 227 Å². The molecule has 0 bridgehead atoms. The Morgan fingerprint density at radius 3 is 1.28 bits per heavy atom. The second kappa shape index (κ2) is 12.9. The van der Waals surface area contributed by atoms with Gasteiger partial charge in [0.2, 0.25) is 0 Å². The van der Waals surface area contributed by atoms with E-state index in [-0.39, 0.29) is 0 Å². The maximum atomic E-state index is 7.69. The van der Waals surface area contributed by atoms with Gasteiger partial charge >= 0.3 is 229 Å². The molecule has 0 unspecified atom stereocenters. The Balaban J connectivity index is 1.88. The average Bonchev–Trinajstić information content (AvgIpc) is 2.92. The first-order valence-electron chi connectivity index (χ1n) is 13.1. The molecule has 0 heterocycles. The van der Waals surface area contributed by atoms with Gasteiger partial charge in [-0.3, -0.25) is 0 Å². The zero-order valence-corrected chi connectivity index (χ0v) is 26.2. The first-order chi connectivity index (χ1) is 17.5. The van der Waals surface area contributed by atoms with Gasteiger partial charge in [-0.1, -0.05) is 0 Å². The molecule has 0 aliphatic rings. The summed E-state index contributed by atoms with van der Waals surface area (Å²) in [5.41, 5.74) is 2.09. The molecule has 0 amide bonds. The van der Waals surface area contributed by atoms with Crippen LogP contribution < -0.4 is 8.79 Å². The van der Waals surface area contributed by atoms with Crippen LogP contribution >= 0.6 is 0 Å². The van der Waals surface area contributed by atoms with Gasteiger partial charge in [-0.2, -0.15) is 0 Å². The number of benzene rings is 4. The van der Waals surface area contributed by atoms with Crippen LogP contribution in [-0.4, -0.2) is 29.0 Å². The van der Waals surface area contributed by atoms with Crippen LogP contribution in [0.1, 0.15) is 45.2 Å². The quantitative estimate of drug-likeness (QED) is 0.164. The summed E-state index contributed by atoms with van der Waals surface area (Å²) in [6, 6.07) is 43.9. The Bertz CT molecular complexity index is 1070. The molecule has 0 spiro atoms. The van der Waals surface area contributed by atoms with Crippen molar-refractivity contribution in [2.24, 2.45) is 0 Å². The van der Waals surface area contributed by atoms with Crippen LogP contribution in [0.25, 0.3) is 0 Å². The zero-order valence-electron chi connectivity index (χ0n) is 22.0. The summed E-state index contributed by atoms with van der Waals surface area (Å²) in [7, 11) is 0. The van der Waals surface area contributed by atoms with Crippen molar-refractivity contribution >= 4 is 37.8 Å². The van der Waals surface area contributed by atoms with Crippen LogP contribution in [-0.2, 0) is 9.36 Å². The van der Waals surface area contributed by atoms with Crippen molar-refractivity contribution in [2.75, 3.05) is 0 Å². The van der Waals surface area contributed by atoms with Gasteiger partial charge in [0.25, 0.3) is 0 Å². The Morgan fingerprint density at radius 1 is 0.556 bits per heavy atom. The fourth-order valence-corrected chi connectivity index (χ4v) is 16.5. The van der Waals surface area contributed by atoms with Gasteiger partial charge in [0, 0.05) is 0 Å². The summed E-state index contributed by atoms with van der Waals surface area (Å²) in [5, 5.41) is 1.29. The molecule has 0 saturated heterocycles. The van der Waals surface area contributed by atoms with Gasteiger partial charge in [-0.25, -0.2) is 0 Å². The van der Waals surface area contributed by atoms with E-state index >= 15 is 0 Å². The molecule has 4 aromatic carbocycles. The van der Waals surface area contributed by atoms with Crippen molar-refractivity contribution in [2.45, 2.75) is 54.5 Å². The summed E-state index contributed by atoms with van der Waals surface area (Å²) < 4.78 is 12.0. The molecule has 4 rings (SSSR count). The van der Waals surface area contributed by atoms with Gasteiger partial charge < -0.3 is 0 Å². The monoisotopic (exact) mass is 598 g/mol. The molecule has 4 aromatic rings. The minimum atomic E-state index is -2.38. The summed E-state index contributed by atoms with van der Waals surface area (Å²) in [6.45, 7) is 9.76.